The van der Waals surface area contributed by atoms with Gasteiger partial charge in [-0.1, -0.05) is 61.3 Å². The Hall–Kier alpha value is -6.89. The summed E-state index contributed by atoms with van der Waals surface area (Å²) in [6.07, 6.45) is 5.19. The number of hydrogen-bond acceptors (Lipinski definition) is 17. The summed E-state index contributed by atoms with van der Waals surface area (Å²) in [4.78, 5) is 92.5. The smallest absolute Gasteiger partial charge is 0.330 e. The van der Waals surface area contributed by atoms with Crippen molar-refractivity contribution in [1.29, 1.82) is 5.26 Å². The van der Waals surface area contributed by atoms with Crippen LogP contribution in [-0.2, 0) is 60.6 Å². The van der Waals surface area contributed by atoms with Crippen LogP contribution in [-0.4, -0.2) is 61.6 Å². The third-order valence-electron chi connectivity index (χ3n) is 12.0. The largest absolute Gasteiger partial charge is 0.465 e. The Morgan fingerprint density at radius 2 is 1.13 bits per heavy atom. The molecule has 2 saturated carbocycles. The van der Waals surface area contributed by atoms with Crippen LogP contribution in [0.15, 0.2) is 87.0 Å². The number of hydrogen-bond donors (Lipinski definition) is 0. The first-order valence-corrected chi connectivity index (χ1v) is 24.6. The van der Waals surface area contributed by atoms with Crippen molar-refractivity contribution in [3.05, 3.63) is 105 Å². The molecule has 16 nitrogen and oxygen atoms in total. The van der Waals surface area contributed by atoms with E-state index in [4.69, 9.17) is 39.7 Å². The van der Waals surface area contributed by atoms with Crippen LogP contribution >= 0.6 is 23.5 Å². The maximum Gasteiger partial charge on any atom is 0.330 e. The molecule has 0 bridgehead atoms. The molecular weight excluding hydrogens is 941 g/mol. The van der Waals surface area contributed by atoms with E-state index in [0.29, 0.717) is 88.9 Å². The zero-order valence-electron chi connectivity index (χ0n) is 38.8. The van der Waals surface area contributed by atoms with Gasteiger partial charge >= 0.3 is 41.8 Å². The summed E-state index contributed by atoms with van der Waals surface area (Å²) in [7, 11) is 0. The number of ether oxygens (including phenoxy) is 7. The molecule has 2 aliphatic carbocycles. The van der Waals surface area contributed by atoms with Crippen molar-refractivity contribution in [3.63, 3.8) is 0 Å². The normalized spacial score (nSPS) is 18.9. The van der Waals surface area contributed by atoms with Crippen LogP contribution in [0.4, 0.5) is 0 Å². The monoisotopic (exact) mass is 992 g/mol. The van der Waals surface area contributed by atoms with E-state index in [0.717, 1.165) is 47.1 Å². The van der Waals surface area contributed by atoms with Crippen LogP contribution in [0.3, 0.4) is 0 Å². The van der Waals surface area contributed by atoms with Gasteiger partial charge in [0, 0.05) is 12.5 Å². The highest BCUT2D eigenvalue weighted by Gasteiger charge is 2.37. The highest BCUT2D eigenvalue weighted by atomic mass is 32.2. The van der Waals surface area contributed by atoms with E-state index in [9.17, 15) is 38.8 Å². The Morgan fingerprint density at radius 3 is 1.61 bits per heavy atom. The highest BCUT2D eigenvalue weighted by molar-refractivity contribution is 8.24. The van der Waals surface area contributed by atoms with Crippen molar-refractivity contribution in [2.45, 2.75) is 101 Å². The molecule has 366 valence electrons. The zero-order valence-corrected chi connectivity index (χ0v) is 40.5. The first-order valence-electron chi connectivity index (χ1n) is 23.0. The zero-order chi connectivity index (χ0) is 50.2. The van der Waals surface area contributed by atoms with Crippen molar-refractivity contribution < 1.29 is 66.7 Å². The van der Waals surface area contributed by atoms with Crippen molar-refractivity contribution in [2.75, 3.05) is 19.8 Å². The van der Waals surface area contributed by atoms with Gasteiger partial charge in [-0.15, -0.1) is 0 Å². The van der Waals surface area contributed by atoms with Gasteiger partial charge in [0.1, 0.15) is 36.2 Å². The van der Waals surface area contributed by atoms with E-state index >= 15 is 0 Å². The van der Waals surface area contributed by atoms with E-state index in [2.05, 4.69) is 11.4 Å². The molecule has 3 aromatic rings. The molecule has 0 amide bonds. The molecule has 0 saturated heterocycles. The quantitative estimate of drug-likeness (QED) is 0.0208. The van der Waals surface area contributed by atoms with Gasteiger partial charge in [-0.2, -0.15) is 0 Å². The molecule has 3 aromatic carbocycles. The van der Waals surface area contributed by atoms with Crippen LogP contribution in [0.5, 0.6) is 23.0 Å². The number of esters is 7. The number of benzene rings is 3. The number of nitrogens with zero attached hydrogens (tertiary/aromatic N) is 2. The molecule has 3 aliphatic rings. The topological polar surface area (TPSA) is 212 Å². The third kappa shape index (κ3) is 14.6. The Labute approximate surface area is 414 Å². The fourth-order valence-corrected chi connectivity index (χ4v) is 10.5. The van der Waals surface area contributed by atoms with E-state index in [1.165, 1.54) is 0 Å². The minimum atomic E-state index is -0.634. The number of carbonyl (C=O) groups excluding carboxylic acids is 7. The lowest BCUT2D eigenvalue weighted by Crippen LogP contribution is -2.31. The molecule has 0 aromatic heterocycles. The average Bonchev–Trinajstić information content (AvgIpc) is 3.82. The predicted molar refractivity (Wildman–Crippen MR) is 254 cm³/mol. The fourth-order valence-electron chi connectivity index (χ4n) is 7.94. The van der Waals surface area contributed by atoms with Crippen molar-refractivity contribution >= 4 is 65.3 Å². The molecule has 1 aliphatic heterocycles. The summed E-state index contributed by atoms with van der Waals surface area (Å²) in [6, 6.07) is 17.7. The van der Waals surface area contributed by atoms with Gasteiger partial charge in [0.05, 0.1) is 69.8 Å². The molecule has 0 N–H and O–H groups in total. The van der Waals surface area contributed by atoms with Gasteiger partial charge in [0.25, 0.3) is 5.70 Å². The third-order valence-corrected chi connectivity index (χ3v) is 14.6. The van der Waals surface area contributed by atoms with E-state index in [-0.39, 0.29) is 61.7 Å². The summed E-state index contributed by atoms with van der Waals surface area (Å²) in [5.41, 5.74) is 2.32. The number of rotatable bonds is 19. The number of aryl methyl sites for hydroxylation is 2. The standard InChI is InChI=1S/C52H52N2O14S2/c1-5-32-7-19-38(20-8-32)65-48(58)34-11-15-36(16-12-34)50(60)67-41-29-31(3)45(47-46(41)69-52(70-47)40(30-53)54-4)68-51(61)37-17-13-35(14-18-37)49(59)66-39-21-9-33(10-22-39)25-26-62-43(56)23-24-44(57)64-28-27-63-42(55)6-2/h6-10,19-22,29,34-37H,2,5,11-18,23-28H2,1,3H3/b52-40-. The van der Waals surface area contributed by atoms with Crippen molar-refractivity contribution in [1.82, 2.24) is 0 Å². The molecular formula is C52H52N2O14S2. The van der Waals surface area contributed by atoms with Crippen LogP contribution in [0.25, 0.3) is 4.85 Å². The Bertz CT molecular complexity index is 2560. The lowest BCUT2D eigenvalue weighted by atomic mass is 9.82. The summed E-state index contributed by atoms with van der Waals surface area (Å²) in [5, 5.41) is 9.69. The molecule has 2 fully saturated rings. The minimum absolute atomic E-state index is 0.0685. The highest BCUT2D eigenvalue weighted by Crippen LogP contribution is 2.60. The Morgan fingerprint density at radius 1 is 0.671 bits per heavy atom. The van der Waals surface area contributed by atoms with Gasteiger partial charge in [-0.3, -0.25) is 28.8 Å². The van der Waals surface area contributed by atoms with Gasteiger partial charge in [0.15, 0.2) is 0 Å². The lowest BCUT2D eigenvalue weighted by molar-refractivity contribution is -0.152. The number of nitriles is 1. The molecule has 6 rings (SSSR count). The van der Waals surface area contributed by atoms with Crippen LogP contribution in [0.1, 0.15) is 87.8 Å². The number of thioether (sulfide) groups is 2. The van der Waals surface area contributed by atoms with Crippen LogP contribution < -0.4 is 18.9 Å². The van der Waals surface area contributed by atoms with Gasteiger partial charge < -0.3 is 33.2 Å². The molecule has 0 atom stereocenters. The van der Waals surface area contributed by atoms with Crippen molar-refractivity contribution in [2.24, 2.45) is 23.7 Å². The summed E-state index contributed by atoms with van der Waals surface area (Å²) < 4.78 is 38.5. The SMILES string of the molecule is [C-]#[N+]/C(C#N)=C1/Sc2c(OC(=O)C3CCC(C(=O)Oc4ccc(CC)cc4)CC3)cc(C)c(OC(=O)C3CCC(C(=O)Oc4ccc(CCOC(=O)CCC(=O)OCCOC(=O)C=C)cc4)CC3)c2S1. The average molecular weight is 993 g/mol. The molecule has 70 heavy (non-hydrogen) atoms. The molecule has 1 heterocycles. The number of fused-ring (bicyclic) bond motifs is 1. The molecule has 0 spiro atoms. The number of carbonyl (C=O) groups is 7. The van der Waals surface area contributed by atoms with Crippen molar-refractivity contribution in [3.8, 4) is 29.1 Å². The molecule has 18 heteroatoms. The first kappa shape index (κ1) is 52.5. The molecule has 0 unspecified atom stereocenters. The predicted octanol–water partition coefficient (Wildman–Crippen LogP) is 9.14. The first-order chi connectivity index (χ1) is 33.8. The maximum absolute atomic E-state index is 13.7. The lowest BCUT2D eigenvalue weighted by Gasteiger charge is -2.27. The van der Waals surface area contributed by atoms with E-state index < -0.39 is 53.6 Å². The second-order valence-corrected chi connectivity index (χ2v) is 19.0. The van der Waals surface area contributed by atoms with Gasteiger partial charge in [0.2, 0.25) is 0 Å². The van der Waals surface area contributed by atoms with E-state index in [1.54, 1.807) is 49.4 Å². The fraction of sp³-hybridized carbons (Fsp3) is 0.404. The van der Waals surface area contributed by atoms with E-state index in [1.807, 2.05) is 25.1 Å². The second-order valence-electron chi connectivity index (χ2n) is 16.7. The van der Waals surface area contributed by atoms with Crippen LogP contribution in [0.2, 0.25) is 0 Å². The Kier molecular flexibility index (Phi) is 19.2. The van der Waals surface area contributed by atoms with Crippen LogP contribution in [0, 0.1) is 48.5 Å². The second kappa shape index (κ2) is 25.6. The maximum atomic E-state index is 13.7. The van der Waals surface area contributed by atoms with Gasteiger partial charge in [-0.05, 0) is 112 Å². The Balaban J connectivity index is 0.961. The summed E-state index contributed by atoms with van der Waals surface area (Å²) in [6.45, 7) is 14.4. The van der Waals surface area contributed by atoms with Gasteiger partial charge in [-0.25, -0.2) is 14.9 Å². The molecule has 0 radical (unpaired) electrons. The summed E-state index contributed by atoms with van der Waals surface area (Å²) in [5.74, 6) is -4.04. The minimum Gasteiger partial charge on any atom is -0.465 e. The number of allylic oxidation sites excluding steroid dienone is 1. The summed E-state index contributed by atoms with van der Waals surface area (Å²) >= 11 is 2.20.